The fourth-order valence-corrected chi connectivity index (χ4v) is 4.36. The summed E-state index contributed by atoms with van der Waals surface area (Å²) >= 11 is 5.91. The Morgan fingerprint density at radius 1 is 1.24 bits per heavy atom. The van der Waals surface area contributed by atoms with Crippen LogP contribution in [0.15, 0.2) is 36.7 Å². The number of aromatic nitrogens is 2. The highest BCUT2D eigenvalue weighted by atomic mass is 35.5. The van der Waals surface area contributed by atoms with E-state index in [1.807, 2.05) is 17.2 Å². The van der Waals surface area contributed by atoms with Gasteiger partial charge in [-0.05, 0) is 37.1 Å². The van der Waals surface area contributed by atoms with E-state index in [2.05, 4.69) is 20.2 Å². The van der Waals surface area contributed by atoms with Gasteiger partial charge in [-0.25, -0.2) is 14.4 Å². The lowest BCUT2D eigenvalue weighted by Crippen LogP contribution is -2.45. The summed E-state index contributed by atoms with van der Waals surface area (Å²) in [5.74, 6) is 1.31. The largest absolute Gasteiger partial charge is 0.493 e. The maximum Gasteiger partial charge on any atom is 0.162 e. The van der Waals surface area contributed by atoms with E-state index >= 15 is 0 Å². The van der Waals surface area contributed by atoms with Gasteiger partial charge >= 0.3 is 0 Å². The molecule has 0 spiro atoms. The summed E-state index contributed by atoms with van der Waals surface area (Å²) in [5.41, 5.74) is 1.32. The lowest BCUT2D eigenvalue weighted by molar-refractivity contribution is -0.207. The van der Waals surface area contributed by atoms with E-state index in [1.165, 1.54) is 18.5 Å². The Hall–Kier alpha value is -2.72. The fourth-order valence-electron chi connectivity index (χ4n) is 4.18. The predicted octanol–water partition coefficient (Wildman–Crippen LogP) is 4.22. The number of hydrogen-bond acceptors (Lipinski definition) is 8. The molecular formula is C23H25ClFN5O3. The molecule has 10 heteroatoms. The monoisotopic (exact) mass is 473 g/mol. The van der Waals surface area contributed by atoms with E-state index in [1.54, 1.807) is 13.2 Å². The number of nitrogens with zero attached hydrogens (tertiary/aromatic N) is 4. The highest BCUT2D eigenvalue weighted by Gasteiger charge is 2.31. The number of benzene rings is 2. The van der Waals surface area contributed by atoms with Crippen LogP contribution in [0, 0.1) is 5.82 Å². The van der Waals surface area contributed by atoms with Gasteiger partial charge < -0.3 is 14.8 Å². The smallest absolute Gasteiger partial charge is 0.162 e. The minimum absolute atomic E-state index is 0.0362. The molecule has 2 bridgehead atoms. The van der Waals surface area contributed by atoms with Gasteiger partial charge in [0, 0.05) is 36.8 Å². The van der Waals surface area contributed by atoms with Gasteiger partial charge in [-0.1, -0.05) is 11.6 Å². The van der Waals surface area contributed by atoms with Gasteiger partial charge in [0.25, 0.3) is 0 Å². The highest BCUT2D eigenvalue weighted by molar-refractivity contribution is 6.31. The zero-order valence-electron chi connectivity index (χ0n) is 18.3. The first-order chi connectivity index (χ1) is 16.1. The molecule has 2 fully saturated rings. The zero-order chi connectivity index (χ0) is 22.8. The summed E-state index contributed by atoms with van der Waals surface area (Å²) < 4.78 is 25.1. The van der Waals surface area contributed by atoms with E-state index in [0.717, 1.165) is 44.5 Å². The van der Waals surface area contributed by atoms with Crippen molar-refractivity contribution in [3.8, 4) is 11.5 Å². The van der Waals surface area contributed by atoms with Gasteiger partial charge in [0.15, 0.2) is 11.5 Å². The molecule has 3 heterocycles. The number of nitrogens with one attached hydrogen (secondary N) is 1. The molecule has 8 nitrogen and oxygen atoms in total. The molecule has 2 aliphatic heterocycles. The van der Waals surface area contributed by atoms with Gasteiger partial charge in [-0.2, -0.15) is 5.06 Å². The third-order valence-corrected chi connectivity index (χ3v) is 6.09. The normalized spacial score (nSPS) is 20.2. The predicted molar refractivity (Wildman–Crippen MR) is 124 cm³/mol. The van der Waals surface area contributed by atoms with Crippen LogP contribution in [-0.2, 0) is 4.84 Å². The van der Waals surface area contributed by atoms with Crippen LogP contribution in [0.3, 0.4) is 0 Å². The van der Waals surface area contributed by atoms with Crippen LogP contribution in [0.4, 0.5) is 15.9 Å². The Labute approximate surface area is 196 Å². The molecule has 2 aromatic carbocycles. The molecule has 0 aliphatic carbocycles. The number of methoxy groups -OCH3 is 1. The first-order valence-corrected chi connectivity index (χ1v) is 11.3. The van der Waals surface area contributed by atoms with Crippen molar-refractivity contribution in [1.29, 1.82) is 0 Å². The number of fused-ring (bicyclic) bond motifs is 3. The molecule has 2 unspecified atom stereocenters. The summed E-state index contributed by atoms with van der Waals surface area (Å²) in [4.78, 5) is 16.8. The van der Waals surface area contributed by atoms with Gasteiger partial charge in [0.05, 0.1) is 37.0 Å². The Morgan fingerprint density at radius 3 is 2.97 bits per heavy atom. The molecule has 0 radical (unpaired) electrons. The lowest BCUT2D eigenvalue weighted by Gasteiger charge is -2.32. The van der Waals surface area contributed by atoms with Crippen LogP contribution in [0.1, 0.15) is 12.8 Å². The number of halogens is 2. The van der Waals surface area contributed by atoms with Gasteiger partial charge in [0.1, 0.15) is 18.0 Å². The summed E-state index contributed by atoms with van der Waals surface area (Å²) in [5, 5.41) is 6.01. The lowest BCUT2D eigenvalue weighted by atomic mass is 10.2. The Bertz CT molecular complexity index is 1140. The first-order valence-electron chi connectivity index (χ1n) is 10.9. The molecule has 2 atom stereocenters. The second-order valence-corrected chi connectivity index (χ2v) is 8.55. The van der Waals surface area contributed by atoms with Crippen LogP contribution in [0.25, 0.3) is 10.9 Å². The van der Waals surface area contributed by atoms with Crippen molar-refractivity contribution in [1.82, 2.24) is 19.9 Å². The molecule has 3 aromatic rings. The maximum atomic E-state index is 13.5. The third kappa shape index (κ3) is 4.96. The third-order valence-electron chi connectivity index (χ3n) is 5.80. The molecular weight excluding hydrogens is 449 g/mol. The maximum absolute atomic E-state index is 13.5. The van der Waals surface area contributed by atoms with Crippen molar-refractivity contribution in [3.63, 3.8) is 0 Å². The average molecular weight is 474 g/mol. The quantitative estimate of drug-likeness (QED) is 0.487. The van der Waals surface area contributed by atoms with Crippen molar-refractivity contribution in [2.45, 2.75) is 18.9 Å². The topological polar surface area (TPSA) is 72.0 Å². The molecule has 174 valence electrons. The van der Waals surface area contributed by atoms with E-state index in [4.69, 9.17) is 25.9 Å². The number of rotatable bonds is 8. The Kier molecular flexibility index (Phi) is 6.45. The van der Waals surface area contributed by atoms with Crippen LogP contribution in [-0.4, -0.2) is 66.1 Å². The van der Waals surface area contributed by atoms with Crippen molar-refractivity contribution < 1.29 is 18.7 Å². The number of ether oxygens (including phenoxy) is 2. The molecule has 2 aliphatic rings. The Balaban J connectivity index is 1.29. The van der Waals surface area contributed by atoms with Crippen molar-refractivity contribution >= 4 is 34.0 Å². The van der Waals surface area contributed by atoms with Crippen LogP contribution >= 0.6 is 11.6 Å². The molecule has 1 N–H and O–H groups in total. The molecule has 33 heavy (non-hydrogen) atoms. The minimum atomic E-state index is -0.475. The van der Waals surface area contributed by atoms with Gasteiger partial charge in [-0.3, -0.25) is 9.74 Å². The molecule has 5 rings (SSSR count). The molecule has 2 saturated heterocycles. The minimum Gasteiger partial charge on any atom is -0.493 e. The van der Waals surface area contributed by atoms with Crippen LogP contribution < -0.4 is 14.8 Å². The van der Waals surface area contributed by atoms with Crippen LogP contribution in [0.2, 0.25) is 5.02 Å². The second-order valence-electron chi connectivity index (χ2n) is 8.14. The second kappa shape index (κ2) is 9.64. The summed E-state index contributed by atoms with van der Waals surface area (Å²) in [7, 11) is 1.60. The summed E-state index contributed by atoms with van der Waals surface area (Å²) in [6.07, 6.45) is 3.76. The Morgan fingerprint density at radius 2 is 2.15 bits per heavy atom. The van der Waals surface area contributed by atoms with E-state index in [0.29, 0.717) is 41.2 Å². The van der Waals surface area contributed by atoms with Crippen molar-refractivity contribution in [3.05, 3.63) is 47.5 Å². The average Bonchev–Trinajstić information content (AvgIpc) is 3.16. The highest BCUT2D eigenvalue weighted by Crippen LogP contribution is 2.35. The first kappa shape index (κ1) is 22.1. The van der Waals surface area contributed by atoms with E-state index in [-0.39, 0.29) is 5.02 Å². The van der Waals surface area contributed by atoms with Crippen LogP contribution in [0.5, 0.6) is 11.5 Å². The molecule has 0 amide bonds. The van der Waals surface area contributed by atoms with Gasteiger partial charge in [-0.15, -0.1) is 0 Å². The number of anilines is 2. The van der Waals surface area contributed by atoms with E-state index < -0.39 is 5.82 Å². The standard InChI is InChI=1S/C23H25ClFN5O3/c1-31-21-11-20-17(23(27-13-26-20)28-15-3-4-19(25)18(24)9-15)10-22(21)32-8-2-6-29-12-16-5-7-30(14-29)33-16/h3-4,9-11,13,16H,2,5-8,12,14H2,1H3,(H,26,27,28). The van der Waals surface area contributed by atoms with Gasteiger partial charge in [0.2, 0.25) is 0 Å². The van der Waals surface area contributed by atoms with Crippen molar-refractivity contribution in [2.75, 3.05) is 45.3 Å². The fraction of sp³-hybridized carbons (Fsp3) is 0.391. The SMILES string of the molecule is COc1cc2ncnc(Nc3ccc(F)c(Cl)c3)c2cc1OCCCN1CC2CCN(C1)O2. The number of hydroxylamine groups is 2. The number of hydrogen-bond donors (Lipinski definition) is 1. The summed E-state index contributed by atoms with van der Waals surface area (Å²) in [6.45, 7) is 4.31. The van der Waals surface area contributed by atoms with Crippen molar-refractivity contribution in [2.24, 2.45) is 0 Å². The summed E-state index contributed by atoms with van der Waals surface area (Å²) in [6, 6.07) is 8.11. The molecule has 0 saturated carbocycles. The van der Waals surface area contributed by atoms with E-state index in [9.17, 15) is 4.39 Å². The zero-order valence-corrected chi connectivity index (χ0v) is 19.0. The molecule has 1 aromatic heterocycles.